The van der Waals surface area contributed by atoms with Gasteiger partial charge < -0.3 is 5.32 Å². The normalized spacial score (nSPS) is 10.7. The van der Waals surface area contributed by atoms with Crippen molar-refractivity contribution in [3.63, 3.8) is 0 Å². The highest BCUT2D eigenvalue weighted by Gasteiger charge is 2.14. The standard InChI is InChI=1S/C17H12N4O5/c1-11-7-15(21(25)26)5-6-16(11)19-17(22)13(10-18)8-12-3-2-4-14(9-12)20(23)24/h2-9H,1H3,(H,19,22). The summed E-state index contributed by atoms with van der Waals surface area (Å²) in [7, 11) is 0. The summed E-state index contributed by atoms with van der Waals surface area (Å²) in [6.45, 7) is 1.58. The molecule has 0 saturated heterocycles. The molecule has 1 amide bonds. The number of nitro benzene ring substituents is 2. The van der Waals surface area contributed by atoms with Gasteiger partial charge in [0, 0.05) is 30.0 Å². The van der Waals surface area contributed by atoms with Crippen LogP contribution < -0.4 is 5.32 Å². The number of nitrogens with one attached hydrogen (secondary N) is 1. The first-order valence-electron chi connectivity index (χ1n) is 7.24. The fourth-order valence-corrected chi connectivity index (χ4v) is 2.13. The Labute approximate surface area is 147 Å². The van der Waals surface area contributed by atoms with Crippen molar-refractivity contribution >= 4 is 29.0 Å². The predicted molar refractivity (Wildman–Crippen MR) is 93.1 cm³/mol. The lowest BCUT2D eigenvalue weighted by atomic mass is 10.1. The Kier molecular flexibility index (Phi) is 5.40. The molecule has 0 aliphatic heterocycles. The molecule has 0 unspecified atom stereocenters. The van der Waals surface area contributed by atoms with Crippen molar-refractivity contribution in [3.8, 4) is 6.07 Å². The van der Waals surface area contributed by atoms with Gasteiger partial charge in [0.1, 0.15) is 11.6 Å². The monoisotopic (exact) mass is 352 g/mol. The van der Waals surface area contributed by atoms with Crippen LogP contribution in [0.3, 0.4) is 0 Å². The highest BCUT2D eigenvalue weighted by molar-refractivity contribution is 6.10. The van der Waals surface area contributed by atoms with E-state index in [9.17, 15) is 30.3 Å². The molecule has 0 aliphatic rings. The third kappa shape index (κ3) is 4.27. The van der Waals surface area contributed by atoms with E-state index in [0.29, 0.717) is 16.8 Å². The third-order valence-electron chi connectivity index (χ3n) is 3.43. The molecule has 0 heterocycles. The molecule has 2 aromatic rings. The van der Waals surface area contributed by atoms with E-state index in [2.05, 4.69) is 5.32 Å². The van der Waals surface area contributed by atoms with Crippen LogP contribution in [0.4, 0.5) is 17.1 Å². The summed E-state index contributed by atoms with van der Waals surface area (Å²) < 4.78 is 0. The Morgan fingerprint density at radius 3 is 2.35 bits per heavy atom. The lowest BCUT2D eigenvalue weighted by molar-refractivity contribution is -0.385. The second-order valence-electron chi connectivity index (χ2n) is 5.23. The van der Waals surface area contributed by atoms with Crippen LogP contribution in [0.25, 0.3) is 6.08 Å². The van der Waals surface area contributed by atoms with E-state index in [0.717, 1.165) is 0 Å². The number of nitrogens with zero attached hydrogens (tertiary/aromatic N) is 3. The van der Waals surface area contributed by atoms with Gasteiger partial charge in [-0.2, -0.15) is 5.26 Å². The number of carbonyl (C=O) groups is 1. The Morgan fingerprint density at radius 2 is 1.77 bits per heavy atom. The summed E-state index contributed by atoms with van der Waals surface area (Å²) in [4.78, 5) is 32.7. The van der Waals surface area contributed by atoms with E-state index in [4.69, 9.17) is 0 Å². The molecule has 0 saturated carbocycles. The first-order valence-corrected chi connectivity index (χ1v) is 7.24. The lowest BCUT2D eigenvalue weighted by Gasteiger charge is -2.07. The molecule has 0 atom stereocenters. The number of carbonyl (C=O) groups excluding carboxylic acids is 1. The van der Waals surface area contributed by atoms with Crippen molar-refractivity contribution in [2.45, 2.75) is 6.92 Å². The SMILES string of the molecule is Cc1cc([N+](=O)[O-])ccc1NC(=O)C(C#N)=Cc1cccc([N+](=O)[O-])c1. The van der Waals surface area contributed by atoms with E-state index >= 15 is 0 Å². The molecule has 2 aromatic carbocycles. The zero-order chi connectivity index (χ0) is 19.3. The van der Waals surface area contributed by atoms with Gasteiger partial charge >= 0.3 is 0 Å². The van der Waals surface area contributed by atoms with Crippen LogP contribution in [0, 0.1) is 38.5 Å². The Balaban J connectivity index is 2.27. The molecule has 26 heavy (non-hydrogen) atoms. The van der Waals surface area contributed by atoms with Gasteiger partial charge in [0.05, 0.1) is 9.85 Å². The number of rotatable bonds is 5. The number of benzene rings is 2. The number of hydrogen-bond acceptors (Lipinski definition) is 6. The molecule has 9 nitrogen and oxygen atoms in total. The van der Waals surface area contributed by atoms with Crippen LogP contribution in [-0.4, -0.2) is 15.8 Å². The summed E-state index contributed by atoms with van der Waals surface area (Å²) in [6, 6.07) is 11.1. The molecule has 0 spiro atoms. The van der Waals surface area contributed by atoms with Gasteiger partial charge in [-0.15, -0.1) is 0 Å². The molecule has 0 aromatic heterocycles. The maximum Gasteiger partial charge on any atom is 0.270 e. The van der Waals surface area contributed by atoms with Crippen LogP contribution >= 0.6 is 0 Å². The smallest absolute Gasteiger partial charge is 0.270 e. The van der Waals surface area contributed by atoms with Crippen LogP contribution in [0.1, 0.15) is 11.1 Å². The highest BCUT2D eigenvalue weighted by atomic mass is 16.6. The summed E-state index contributed by atoms with van der Waals surface area (Å²) in [5.74, 6) is -0.726. The van der Waals surface area contributed by atoms with Crippen molar-refractivity contribution < 1.29 is 14.6 Å². The first-order chi connectivity index (χ1) is 12.3. The number of nitriles is 1. The van der Waals surface area contributed by atoms with Crippen LogP contribution in [0.2, 0.25) is 0 Å². The van der Waals surface area contributed by atoms with E-state index < -0.39 is 15.8 Å². The minimum absolute atomic E-state index is 0.117. The number of anilines is 1. The topological polar surface area (TPSA) is 139 Å². The fourth-order valence-electron chi connectivity index (χ4n) is 2.13. The largest absolute Gasteiger partial charge is 0.321 e. The zero-order valence-electron chi connectivity index (χ0n) is 13.5. The third-order valence-corrected chi connectivity index (χ3v) is 3.43. The van der Waals surface area contributed by atoms with Crippen molar-refractivity contribution in [2.24, 2.45) is 0 Å². The molecule has 0 bridgehead atoms. The van der Waals surface area contributed by atoms with E-state index in [1.54, 1.807) is 13.0 Å². The van der Waals surface area contributed by atoms with Crippen molar-refractivity contribution in [3.05, 3.63) is 79.4 Å². The number of nitro groups is 2. The molecule has 0 aliphatic carbocycles. The van der Waals surface area contributed by atoms with Crippen molar-refractivity contribution in [2.75, 3.05) is 5.32 Å². The quantitative estimate of drug-likeness (QED) is 0.379. The second kappa shape index (κ2) is 7.67. The van der Waals surface area contributed by atoms with Gasteiger partial charge in [-0.25, -0.2) is 0 Å². The van der Waals surface area contributed by atoms with Crippen LogP contribution in [-0.2, 0) is 4.79 Å². The Morgan fingerprint density at radius 1 is 1.12 bits per heavy atom. The molecule has 0 radical (unpaired) electrons. The first kappa shape index (κ1) is 18.3. The van der Waals surface area contributed by atoms with E-state index in [1.165, 1.54) is 48.5 Å². The van der Waals surface area contributed by atoms with Crippen molar-refractivity contribution in [1.82, 2.24) is 0 Å². The highest BCUT2D eigenvalue weighted by Crippen LogP contribution is 2.22. The molecule has 0 fully saturated rings. The van der Waals surface area contributed by atoms with Gasteiger partial charge in [-0.3, -0.25) is 25.0 Å². The van der Waals surface area contributed by atoms with Crippen LogP contribution in [0.5, 0.6) is 0 Å². The number of amides is 1. The lowest BCUT2D eigenvalue weighted by Crippen LogP contribution is -2.14. The maximum absolute atomic E-state index is 12.3. The van der Waals surface area contributed by atoms with Gasteiger partial charge in [0.15, 0.2) is 0 Å². The summed E-state index contributed by atoms with van der Waals surface area (Å²) in [6.07, 6.45) is 1.23. The molecule has 2 rings (SSSR count). The minimum Gasteiger partial charge on any atom is -0.321 e. The van der Waals surface area contributed by atoms with Gasteiger partial charge in [0.25, 0.3) is 17.3 Å². The van der Waals surface area contributed by atoms with Gasteiger partial charge in [-0.1, -0.05) is 12.1 Å². The second-order valence-corrected chi connectivity index (χ2v) is 5.23. The minimum atomic E-state index is -0.726. The summed E-state index contributed by atoms with van der Waals surface area (Å²) >= 11 is 0. The Bertz CT molecular complexity index is 975. The maximum atomic E-state index is 12.3. The van der Waals surface area contributed by atoms with E-state index in [1.807, 2.05) is 0 Å². The molecule has 9 heteroatoms. The van der Waals surface area contributed by atoms with Gasteiger partial charge in [-0.05, 0) is 30.2 Å². The van der Waals surface area contributed by atoms with E-state index in [-0.39, 0.29) is 16.9 Å². The average molecular weight is 352 g/mol. The Hall–Kier alpha value is -4.06. The predicted octanol–water partition coefficient (Wildman–Crippen LogP) is 3.36. The molecule has 1 N–H and O–H groups in total. The number of aryl methyl sites for hydroxylation is 1. The molecule has 130 valence electrons. The molecular weight excluding hydrogens is 340 g/mol. The summed E-state index contributed by atoms with van der Waals surface area (Å²) in [5, 5.41) is 33.2. The number of non-ortho nitro benzene ring substituents is 2. The zero-order valence-corrected chi connectivity index (χ0v) is 13.5. The summed E-state index contributed by atoms with van der Waals surface area (Å²) in [5.41, 5.74) is 0.561. The molecular formula is C17H12N4O5. The fraction of sp³-hybridized carbons (Fsp3) is 0.0588. The average Bonchev–Trinajstić information content (AvgIpc) is 2.61. The van der Waals surface area contributed by atoms with Gasteiger partial charge in [0.2, 0.25) is 0 Å². The number of hydrogen-bond donors (Lipinski definition) is 1. The van der Waals surface area contributed by atoms with Crippen LogP contribution in [0.15, 0.2) is 48.0 Å². The van der Waals surface area contributed by atoms with Crippen molar-refractivity contribution in [1.29, 1.82) is 5.26 Å².